The van der Waals surface area contributed by atoms with Gasteiger partial charge in [0.25, 0.3) is 0 Å². The van der Waals surface area contributed by atoms with Gasteiger partial charge in [-0.1, -0.05) is 24.3 Å². The molecule has 0 saturated carbocycles. The number of fused-ring (bicyclic) bond motifs is 1. The molecule has 0 bridgehead atoms. The summed E-state index contributed by atoms with van der Waals surface area (Å²) in [6.45, 7) is 0. The molecule has 110 valence electrons. The number of nitrogens with one attached hydrogen (secondary N) is 1. The zero-order chi connectivity index (χ0) is 15.0. The fraction of sp³-hybridized carbons (Fsp3) is 0.200. The van der Waals surface area contributed by atoms with Crippen LogP contribution >= 0.6 is 0 Å². The number of hydrogen-bond acceptors (Lipinski definition) is 2. The van der Waals surface area contributed by atoms with Crippen LogP contribution in [0.1, 0.15) is 23.6 Å². The van der Waals surface area contributed by atoms with E-state index in [0.717, 1.165) is 29.7 Å². The highest BCUT2D eigenvalue weighted by atomic mass is 32.2. The zero-order valence-corrected chi connectivity index (χ0v) is 11.8. The highest BCUT2D eigenvalue weighted by Crippen LogP contribution is 2.32. The normalized spacial score (nSPS) is 17.7. The average molecular weight is 309 g/mol. The maximum atomic E-state index is 13.2. The third-order valence-electron chi connectivity index (χ3n) is 3.63. The van der Waals surface area contributed by atoms with E-state index in [1.807, 2.05) is 24.3 Å². The molecule has 1 aliphatic rings. The average Bonchev–Trinajstić information content (AvgIpc) is 2.85. The molecule has 21 heavy (non-hydrogen) atoms. The van der Waals surface area contributed by atoms with Gasteiger partial charge in [0.15, 0.2) is 11.6 Å². The second-order valence-corrected chi connectivity index (χ2v) is 6.70. The van der Waals surface area contributed by atoms with Crippen LogP contribution in [0.2, 0.25) is 0 Å². The first kappa shape index (κ1) is 14.2. The molecule has 1 N–H and O–H groups in total. The van der Waals surface area contributed by atoms with Gasteiger partial charge in [0.2, 0.25) is 10.0 Å². The van der Waals surface area contributed by atoms with Gasteiger partial charge in [0.05, 0.1) is 4.90 Å². The number of benzene rings is 2. The molecule has 0 radical (unpaired) electrons. The predicted octanol–water partition coefficient (Wildman–Crippen LogP) is 2.93. The summed E-state index contributed by atoms with van der Waals surface area (Å²) in [7, 11) is -3.88. The van der Waals surface area contributed by atoms with Crippen LogP contribution in [-0.2, 0) is 16.4 Å². The Hall–Kier alpha value is -1.79. The molecule has 2 aromatic rings. The quantitative estimate of drug-likeness (QED) is 0.947. The molecule has 1 unspecified atom stereocenters. The van der Waals surface area contributed by atoms with Crippen LogP contribution in [0, 0.1) is 11.6 Å². The number of aryl methyl sites for hydroxylation is 1. The van der Waals surface area contributed by atoms with Gasteiger partial charge >= 0.3 is 0 Å². The van der Waals surface area contributed by atoms with Crippen molar-refractivity contribution in [1.82, 2.24) is 4.72 Å². The standard InChI is InChI=1S/C15H13F2NO2S/c16-13-7-6-11(9-14(13)17)21(19,20)18-15-8-5-10-3-1-2-4-12(10)15/h1-4,6-7,9,15,18H,5,8H2. The maximum absolute atomic E-state index is 13.2. The largest absolute Gasteiger partial charge is 0.241 e. The molecular formula is C15H13F2NO2S. The molecule has 0 fully saturated rings. The molecule has 6 heteroatoms. The summed E-state index contributed by atoms with van der Waals surface area (Å²) in [6, 6.07) is 9.82. The lowest BCUT2D eigenvalue weighted by Crippen LogP contribution is -2.27. The van der Waals surface area contributed by atoms with Gasteiger partial charge in [-0.2, -0.15) is 0 Å². The monoisotopic (exact) mass is 309 g/mol. The van der Waals surface area contributed by atoms with Crippen molar-refractivity contribution in [2.45, 2.75) is 23.8 Å². The molecule has 0 saturated heterocycles. The number of halogens is 2. The molecule has 0 spiro atoms. The minimum absolute atomic E-state index is 0.272. The topological polar surface area (TPSA) is 46.2 Å². The summed E-state index contributed by atoms with van der Waals surface area (Å²) < 4.78 is 53.2. The van der Waals surface area contributed by atoms with Crippen LogP contribution < -0.4 is 4.72 Å². The second-order valence-electron chi connectivity index (χ2n) is 4.99. The lowest BCUT2D eigenvalue weighted by molar-refractivity contribution is 0.503. The van der Waals surface area contributed by atoms with Crippen molar-refractivity contribution in [3.63, 3.8) is 0 Å². The number of hydrogen-bond donors (Lipinski definition) is 1. The first-order valence-electron chi connectivity index (χ1n) is 6.52. The summed E-state index contributed by atoms with van der Waals surface area (Å²) in [5.74, 6) is -2.25. The Morgan fingerprint density at radius 1 is 1.05 bits per heavy atom. The van der Waals surface area contributed by atoms with E-state index in [9.17, 15) is 17.2 Å². The Balaban J connectivity index is 1.89. The Labute approximate surface area is 121 Å². The van der Waals surface area contributed by atoms with Gasteiger partial charge in [-0.15, -0.1) is 0 Å². The number of rotatable bonds is 3. The van der Waals surface area contributed by atoms with Gasteiger partial charge in [-0.25, -0.2) is 21.9 Å². The van der Waals surface area contributed by atoms with Crippen molar-refractivity contribution in [2.75, 3.05) is 0 Å². The lowest BCUT2D eigenvalue weighted by atomic mass is 10.1. The first-order chi connectivity index (χ1) is 9.97. The van der Waals surface area contributed by atoms with E-state index >= 15 is 0 Å². The lowest BCUT2D eigenvalue weighted by Gasteiger charge is -2.14. The summed E-state index contributed by atoms with van der Waals surface area (Å²) >= 11 is 0. The van der Waals surface area contributed by atoms with Crippen LogP contribution in [-0.4, -0.2) is 8.42 Å². The molecule has 3 nitrogen and oxygen atoms in total. The van der Waals surface area contributed by atoms with Crippen molar-refractivity contribution >= 4 is 10.0 Å². The fourth-order valence-electron chi connectivity index (χ4n) is 2.58. The van der Waals surface area contributed by atoms with E-state index in [-0.39, 0.29) is 10.9 Å². The summed E-state index contributed by atoms with van der Waals surface area (Å²) in [5, 5.41) is 0. The summed E-state index contributed by atoms with van der Waals surface area (Å²) in [4.78, 5) is -0.272. The third kappa shape index (κ3) is 2.69. The van der Waals surface area contributed by atoms with Crippen LogP contribution in [0.5, 0.6) is 0 Å². The first-order valence-corrected chi connectivity index (χ1v) is 8.01. The molecule has 1 atom stereocenters. The molecule has 0 aliphatic heterocycles. The summed E-state index contributed by atoms with van der Waals surface area (Å²) in [6.07, 6.45) is 1.45. The second kappa shape index (κ2) is 5.20. The Morgan fingerprint density at radius 2 is 1.81 bits per heavy atom. The van der Waals surface area contributed by atoms with Gasteiger partial charge in [-0.3, -0.25) is 0 Å². The van der Waals surface area contributed by atoms with Crippen molar-refractivity contribution in [3.05, 3.63) is 65.2 Å². The van der Waals surface area contributed by atoms with Crippen molar-refractivity contribution in [1.29, 1.82) is 0 Å². The van der Waals surface area contributed by atoms with E-state index in [1.165, 1.54) is 0 Å². The third-order valence-corrected chi connectivity index (χ3v) is 5.10. The highest BCUT2D eigenvalue weighted by Gasteiger charge is 2.27. The van der Waals surface area contributed by atoms with Crippen LogP contribution in [0.15, 0.2) is 47.4 Å². The molecule has 0 heterocycles. The minimum Gasteiger partial charge on any atom is -0.207 e. The minimum atomic E-state index is -3.88. The smallest absolute Gasteiger partial charge is 0.207 e. The van der Waals surface area contributed by atoms with Crippen LogP contribution in [0.25, 0.3) is 0 Å². The van der Waals surface area contributed by atoms with E-state index in [0.29, 0.717) is 12.5 Å². The fourth-order valence-corrected chi connectivity index (χ4v) is 3.84. The van der Waals surface area contributed by atoms with E-state index in [4.69, 9.17) is 0 Å². The van der Waals surface area contributed by atoms with Crippen molar-refractivity contribution < 1.29 is 17.2 Å². The molecule has 0 aromatic heterocycles. The molecule has 1 aliphatic carbocycles. The predicted molar refractivity (Wildman–Crippen MR) is 74.2 cm³/mol. The number of sulfonamides is 1. The van der Waals surface area contributed by atoms with Crippen LogP contribution in [0.4, 0.5) is 8.78 Å². The van der Waals surface area contributed by atoms with E-state index in [2.05, 4.69) is 4.72 Å². The van der Waals surface area contributed by atoms with E-state index in [1.54, 1.807) is 0 Å². The van der Waals surface area contributed by atoms with Gasteiger partial charge in [-0.05, 0) is 42.2 Å². The van der Waals surface area contributed by atoms with E-state index < -0.39 is 21.7 Å². The Morgan fingerprint density at radius 3 is 2.57 bits per heavy atom. The molecule has 3 rings (SSSR count). The maximum Gasteiger partial charge on any atom is 0.241 e. The van der Waals surface area contributed by atoms with Crippen LogP contribution in [0.3, 0.4) is 0 Å². The summed E-state index contributed by atoms with van der Waals surface area (Å²) in [5.41, 5.74) is 2.04. The molecule has 0 amide bonds. The molecule has 2 aromatic carbocycles. The Kier molecular flexibility index (Phi) is 3.51. The van der Waals surface area contributed by atoms with Crippen molar-refractivity contribution in [2.24, 2.45) is 0 Å². The van der Waals surface area contributed by atoms with Gasteiger partial charge in [0, 0.05) is 6.04 Å². The molecular weight excluding hydrogens is 296 g/mol. The Bertz CT molecular complexity index is 790. The van der Waals surface area contributed by atoms with Gasteiger partial charge in [0.1, 0.15) is 0 Å². The highest BCUT2D eigenvalue weighted by molar-refractivity contribution is 7.89. The van der Waals surface area contributed by atoms with Crippen molar-refractivity contribution in [3.8, 4) is 0 Å². The van der Waals surface area contributed by atoms with Gasteiger partial charge < -0.3 is 0 Å². The SMILES string of the molecule is O=S(=O)(NC1CCc2ccccc21)c1ccc(F)c(F)c1. The zero-order valence-electron chi connectivity index (χ0n) is 11.0.